The molecule has 0 atom stereocenters. The van der Waals surface area contributed by atoms with Gasteiger partial charge in [-0.15, -0.1) is 0 Å². The molecule has 0 bridgehead atoms. The molecular formula is C25H21N3O4. The van der Waals surface area contributed by atoms with E-state index in [0.29, 0.717) is 0 Å². The van der Waals surface area contributed by atoms with Crippen molar-refractivity contribution in [1.82, 2.24) is 9.55 Å². The Balaban J connectivity index is 1.68. The number of phenols is 2. The smallest absolute Gasteiger partial charge is 0.235 e. The molecule has 0 saturated carbocycles. The van der Waals surface area contributed by atoms with Gasteiger partial charge in [-0.2, -0.15) is 0 Å². The number of allylic oxidation sites excluding steroid dienone is 1. The normalized spacial score (nSPS) is 14.1. The van der Waals surface area contributed by atoms with Crippen molar-refractivity contribution in [1.29, 1.82) is 0 Å². The predicted octanol–water partition coefficient (Wildman–Crippen LogP) is 4.33. The lowest BCUT2D eigenvalue weighted by Crippen LogP contribution is -2.08. The van der Waals surface area contributed by atoms with Gasteiger partial charge in [-0.25, -0.2) is 4.98 Å². The number of rotatable bonds is 3. The van der Waals surface area contributed by atoms with Crippen molar-refractivity contribution in [3.63, 3.8) is 0 Å². The van der Waals surface area contributed by atoms with Crippen molar-refractivity contribution in [2.24, 2.45) is 7.05 Å². The Morgan fingerprint density at radius 2 is 1.94 bits per heavy atom. The Hall–Kier alpha value is -4.26. The number of nitrogens with zero attached hydrogens (tertiary/aromatic N) is 3. The first-order valence-electron chi connectivity index (χ1n) is 10.1. The summed E-state index contributed by atoms with van der Waals surface area (Å²) >= 11 is 0. The molecule has 0 spiro atoms. The fourth-order valence-corrected chi connectivity index (χ4v) is 4.06. The van der Waals surface area contributed by atoms with Crippen molar-refractivity contribution in [2.75, 3.05) is 19.0 Å². The van der Waals surface area contributed by atoms with Crippen LogP contribution in [0.3, 0.4) is 0 Å². The van der Waals surface area contributed by atoms with Crippen molar-refractivity contribution in [3.05, 3.63) is 71.7 Å². The summed E-state index contributed by atoms with van der Waals surface area (Å²) in [6.07, 6.45) is 5.31. The molecule has 2 aromatic carbocycles. The number of ketones is 1. The van der Waals surface area contributed by atoms with Crippen molar-refractivity contribution >= 4 is 28.6 Å². The number of carbonyl (C=O) groups is 1. The standard InChI is InChI=1S/C25H21N3O4/c1-27(2)16-6-4-5-14(9-16)18-7-8-26-25-22(18)15(13-28(25)3)10-21-24(31)23-19(30)11-17(29)12-20(23)32-21/h4-13,29-30H,1-3H3. The van der Waals surface area contributed by atoms with Crippen LogP contribution in [0, 0.1) is 0 Å². The van der Waals surface area contributed by atoms with Crippen LogP contribution in [0.5, 0.6) is 17.2 Å². The average Bonchev–Trinajstić information content (AvgIpc) is 3.24. The number of Topliss-reactive ketones (excluding diaryl/α,β-unsaturated/α-hetero) is 1. The molecule has 5 rings (SSSR count). The Morgan fingerprint density at radius 1 is 1.12 bits per heavy atom. The zero-order chi connectivity index (χ0) is 22.6. The van der Waals surface area contributed by atoms with Gasteiger partial charge in [0.25, 0.3) is 0 Å². The Morgan fingerprint density at radius 3 is 2.72 bits per heavy atom. The Kier molecular flexibility index (Phi) is 4.41. The highest BCUT2D eigenvalue weighted by Gasteiger charge is 2.31. The lowest BCUT2D eigenvalue weighted by Gasteiger charge is -2.14. The van der Waals surface area contributed by atoms with Crippen molar-refractivity contribution < 1.29 is 19.7 Å². The Labute approximate surface area is 184 Å². The van der Waals surface area contributed by atoms with E-state index in [9.17, 15) is 15.0 Å². The van der Waals surface area contributed by atoms with Crippen LogP contribution in [-0.4, -0.2) is 39.6 Å². The maximum Gasteiger partial charge on any atom is 0.235 e. The fraction of sp³-hybridized carbons (Fsp3) is 0.120. The van der Waals surface area contributed by atoms with Gasteiger partial charge in [-0.1, -0.05) is 12.1 Å². The van der Waals surface area contributed by atoms with Gasteiger partial charge in [0.2, 0.25) is 5.78 Å². The van der Waals surface area contributed by atoms with Gasteiger partial charge in [0.05, 0.1) is 0 Å². The molecule has 2 N–H and O–H groups in total. The summed E-state index contributed by atoms with van der Waals surface area (Å²) in [7, 11) is 5.88. The van der Waals surface area contributed by atoms with Crippen LogP contribution in [0.2, 0.25) is 0 Å². The van der Waals surface area contributed by atoms with E-state index in [1.165, 1.54) is 6.07 Å². The summed E-state index contributed by atoms with van der Waals surface area (Å²) in [6.45, 7) is 0. The predicted molar refractivity (Wildman–Crippen MR) is 123 cm³/mol. The molecule has 1 aliphatic rings. The van der Waals surface area contributed by atoms with Crippen LogP contribution in [-0.2, 0) is 7.05 Å². The molecule has 7 heteroatoms. The van der Waals surface area contributed by atoms with Gasteiger partial charge in [-0.05, 0) is 35.4 Å². The quantitative estimate of drug-likeness (QED) is 0.473. The molecule has 3 heterocycles. The molecule has 0 unspecified atom stereocenters. The number of pyridine rings is 1. The van der Waals surface area contributed by atoms with Crippen LogP contribution in [0.15, 0.2) is 60.6 Å². The summed E-state index contributed by atoms with van der Waals surface area (Å²) in [4.78, 5) is 19.5. The van der Waals surface area contributed by atoms with Crippen molar-refractivity contribution in [2.45, 2.75) is 0 Å². The lowest BCUT2D eigenvalue weighted by atomic mass is 10.00. The lowest BCUT2D eigenvalue weighted by molar-refractivity contribution is 0.101. The van der Waals surface area contributed by atoms with E-state index in [0.717, 1.165) is 39.5 Å². The molecule has 4 aromatic rings. The van der Waals surface area contributed by atoms with Crippen LogP contribution >= 0.6 is 0 Å². The van der Waals surface area contributed by atoms with Crippen molar-refractivity contribution in [3.8, 4) is 28.4 Å². The topological polar surface area (TPSA) is 87.8 Å². The molecule has 1 aliphatic heterocycles. The number of hydrogen-bond donors (Lipinski definition) is 2. The average molecular weight is 427 g/mol. The number of phenolic OH excluding ortho intramolecular Hbond substituents is 2. The van der Waals surface area contributed by atoms with Gasteiger partial charge in [-0.3, -0.25) is 4.79 Å². The van der Waals surface area contributed by atoms with Crippen LogP contribution in [0.4, 0.5) is 5.69 Å². The third kappa shape index (κ3) is 3.06. The maximum absolute atomic E-state index is 12.9. The summed E-state index contributed by atoms with van der Waals surface area (Å²) in [5, 5.41) is 20.7. The minimum absolute atomic E-state index is 0.0475. The van der Waals surface area contributed by atoms with Gasteiger partial charge in [0.1, 0.15) is 28.5 Å². The van der Waals surface area contributed by atoms with Gasteiger partial charge < -0.3 is 24.4 Å². The van der Waals surface area contributed by atoms with E-state index in [1.807, 2.05) is 61.1 Å². The minimum atomic E-state index is -0.436. The van der Waals surface area contributed by atoms with Crippen LogP contribution < -0.4 is 9.64 Å². The second-order valence-electron chi connectivity index (χ2n) is 7.98. The second-order valence-corrected chi connectivity index (χ2v) is 7.98. The highest BCUT2D eigenvalue weighted by molar-refractivity contribution is 6.17. The van der Waals surface area contributed by atoms with Crippen LogP contribution in [0.1, 0.15) is 15.9 Å². The number of carbonyl (C=O) groups excluding carboxylic acids is 1. The number of aromatic hydroxyl groups is 2. The molecule has 160 valence electrons. The summed E-state index contributed by atoms with van der Waals surface area (Å²) in [6, 6.07) is 12.6. The third-order valence-corrected chi connectivity index (χ3v) is 5.58. The molecule has 0 radical (unpaired) electrons. The molecule has 0 saturated heterocycles. The number of ether oxygens (including phenoxy) is 1. The van der Waals surface area contributed by atoms with E-state index < -0.39 is 5.78 Å². The summed E-state index contributed by atoms with van der Waals surface area (Å²) in [5.74, 6) is -0.710. The summed E-state index contributed by atoms with van der Waals surface area (Å²) < 4.78 is 7.59. The maximum atomic E-state index is 12.9. The third-order valence-electron chi connectivity index (χ3n) is 5.58. The molecule has 0 fully saturated rings. The van der Waals surface area contributed by atoms with E-state index in [4.69, 9.17) is 4.74 Å². The minimum Gasteiger partial charge on any atom is -0.508 e. The zero-order valence-corrected chi connectivity index (χ0v) is 17.8. The number of anilines is 1. The van der Waals surface area contributed by atoms with E-state index >= 15 is 0 Å². The van der Waals surface area contributed by atoms with E-state index in [-0.39, 0.29) is 28.6 Å². The monoisotopic (exact) mass is 427 g/mol. The highest BCUT2D eigenvalue weighted by atomic mass is 16.5. The van der Waals surface area contributed by atoms with Gasteiger partial charge in [0.15, 0.2) is 5.76 Å². The molecule has 0 amide bonds. The van der Waals surface area contributed by atoms with Crippen LogP contribution in [0.25, 0.3) is 28.2 Å². The number of aryl methyl sites for hydroxylation is 1. The van der Waals surface area contributed by atoms with Gasteiger partial charge >= 0.3 is 0 Å². The number of aromatic nitrogens is 2. The van der Waals surface area contributed by atoms with E-state index in [1.54, 1.807) is 12.3 Å². The number of benzene rings is 2. The molecule has 32 heavy (non-hydrogen) atoms. The first-order chi connectivity index (χ1) is 15.3. The molecule has 7 nitrogen and oxygen atoms in total. The first kappa shape index (κ1) is 19.7. The first-order valence-corrected chi connectivity index (χ1v) is 10.1. The summed E-state index contributed by atoms with van der Waals surface area (Å²) in [5.41, 5.74) is 4.66. The SMILES string of the molecule is CN(C)c1cccc(-c2ccnc3c2c(C=C2Oc4cc(O)cc(O)c4C2=O)cn3C)c1. The molecule has 0 aliphatic carbocycles. The largest absolute Gasteiger partial charge is 0.508 e. The molecule has 2 aromatic heterocycles. The number of hydrogen-bond acceptors (Lipinski definition) is 6. The second kappa shape index (κ2) is 7.16. The zero-order valence-electron chi connectivity index (χ0n) is 17.8. The number of fused-ring (bicyclic) bond motifs is 2. The Bertz CT molecular complexity index is 1430. The molecular weight excluding hydrogens is 406 g/mol. The van der Waals surface area contributed by atoms with Gasteiger partial charge in [0, 0.05) is 62.3 Å². The fourth-order valence-electron chi connectivity index (χ4n) is 4.06. The van der Waals surface area contributed by atoms with E-state index in [2.05, 4.69) is 11.1 Å². The highest BCUT2D eigenvalue weighted by Crippen LogP contribution is 2.41.